The monoisotopic (exact) mass is 329 g/mol. The highest BCUT2D eigenvalue weighted by Crippen LogP contribution is 2.42. The van der Waals surface area contributed by atoms with E-state index in [4.69, 9.17) is 0 Å². The van der Waals surface area contributed by atoms with Crippen LogP contribution in [0.1, 0.15) is 4.88 Å². The molecule has 0 atom stereocenters. The molecule has 0 spiro atoms. The van der Waals surface area contributed by atoms with Crippen LogP contribution in [-0.2, 0) is 11.2 Å². The molecule has 6 heteroatoms. The number of rotatable bonds is 5. The summed E-state index contributed by atoms with van der Waals surface area (Å²) in [5.74, 6) is 0. The van der Waals surface area contributed by atoms with E-state index < -0.39 is 4.92 Å². The Bertz CT molecular complexity index is 857. The van der Waals surface area contributed by atoms with E-state index in [-0.39, 0.29) is 12.1 Å². The van der Waals surface area contributed by atoms with E-state index in [0.717, 1.165) is 22.0 Å². The van der Waals surface area contributed by atoms with E-state index in [1.807, 2.05) is 42.5 Å². The average Bonchev–Trinajstić information content (AvgIpc) is 2.90. The lowest BCUT2D eigenvalue weighted by Gasteiger charge is -2.02. The number of nitro groups is 1. The lowest BCUT2D eigenvalue weighted by atomic mass is 10.1. The zero-order valence-electron chi connectivity index (χ0n) is 11.4. The third-order valence-electron chi connectivity index (χ3n) is 3.14. The highest BCUT2D eigenvalue weighted by Gasteiger charge is 2.19. The van der Waals surface area contributed by atoms with E-state index in [0.29, 0.717) is 9.09 Å². The summed E-state index contributed by atoms with van der Waals surface area (Å²) in [5, 5.41) is 13.4. The number of carbonyl (C=O) groups excluding carboxylic acids is 1. The molecule has 1 heterocycles. The molecule has 0 aliphatic heterocycles. The second kappa shape index (κ2) is 6.29. The van der Waals surface area contributed by atoms with Gasteiger partial charge >= 0.3 is 0 Å². The van der Waals surface area contributed by atoms with Gasteiger partial charge in [0.2, 0.25) is 0 Å². The van der Waals surface area contributed by atoms with Gasteiger partial charge in [-0.05, 0) is 22.9 Å². The second-order valence-corrected chi connectivity index (χ2v) is 7.10. The quantitative estimate of drug-likeness (QED) is 0.387. The van der Waals surface area contributed by atoms with Crippen LogP contribution in [0.5, 0.6) is 0 Å². The molecular formula is C16H11NO3S2. The molecule has 3 rings (SSSR count). The van der Waals surface area contributed by atoms with Gasteiger partial charge in [-0.1, -0.05) is 42.1 Å². The molecule has 0 N–H and O–H groups in total. The van der Waals surface area contributed by atoms with Crippen LogP contribution in [0.2, 0.25) is 0 Å². The minimum atomic E-state index is -0.395. The molecule has 4 nitrogen and oxygen atoms in total. The molecule has 110 valence electrons. The maximum absolute atomic E-state index is 11.2. The predicted molar refractivity (Wildman–Crippen MR) is 88.8 cm³/mol. The van der Waals surface area contributed by atoms with Crippen molar-refractivity contribution in [1.29, 1.82) is 0 Å². The first-order chi connectivity index (χ1) is 10.7. The van der Waals surface area contributed by atoms with Gasteiger partial charge in [0, 0.05) is 22.3 Å². The van der Waals surface area contributed by atoms with Gasteiger partial charge in [0.15, 0.2) is 0 Å². The van der Waals surface area contributed by atoms with E-state index in [1.165, 1.54) is 29.2 Å². The van der Waals surface area contributed by atoms with E-state index in [2.05, 4.69) is 0 Å². The second-order valence-electron chi connectivity index (χ2n) is 4.62. The standard InChI is InChI=1S/C16H11NO3S2/c18-8-7-14-10-15(17(19)20)16(22-14)21-13-6-5-11-3-1-2-4-12(11)9-13/h1-6,8-10H,7H2. The Morgan fingerprint density at radius 3 is 2.64 bits per heavy atom. The van der Waals surface area contributed by atoms with E-state index >= 15 is 0 Å². The van der Waals surface area contributed by atoms with Crippen molar-refractivity contribution in [3.63, 3.8) is 0 Å². The van der Waals surface area contributed by atoms with Crippen molar-refractivity contribution in [3.8, 4) is 0 Å². The van der Waals surface area contributed by atoms with Gasteiger partial charge in [0.05, 0.1) is 4.92 Å². The highest BCUT2D eigenvalue weighted by molar-refractivity contribution is 8.01. The molecule has 1 aromatic heterocycles. The van der Waals surface area contributed by atoms with E-state index in [1.54, 1.807) is 0 Å². The van der Waals surface area contributed by atoms with Crippen molar-refractivity contribution in [2.45, 2.75) is 15.5 Å². The number of nitrogens with zero attached hydrogens (tertiary/aromatic N) is 1. The molecule has 0 saturated heterocycles. The van der Waals surface area contributed by atoms with Crippen molar-refractivity contribution in [2.75, 3.05) is 0 Å². The zero-order chi connectivity index (χ0) is 15.5. The normalized spacial score (nSPS) is 10.7. The molecule has 0 aliphatic carbocycles. The molecule has 0 radical (unpaired) electrons. The largest absolute Gasteiger partial charge is 0.303 e. The first kappa shape index (κ1) is 14.7. The number of carbonyl (C=O) groups is 1. The maximum atomic E-state index is 11.2. The van der Waals surface area contributed by atoms with Crippen molar-refractivity contribution in [1.82, 2.24) is 0 Å². The number of aldehydes is 1. The maximum Gasteiger partial charge on any atom is 0.294 e. The summed E-state index contributed by atoms with van der Waals surface area (Å²) < 4.78 is 0.608. The Balaban J connectivity index is 1.96. The van der Waals surface area contributed by atoms with Crippen LogP contribution >= 0.6 is 23.1 Å². The molecule has 22 heavy (non-hydrogen) atoms. The number of hydrogen-bond donors (Lipinski definition) is 0. The fourth-order valence-corrected chi connectivity index (χ4v) is 4.48. The molecule has 2 aromatic carbocycles. The molecule has 0 bridgehead atoms. The fraction of sp³-hybridized carbons (Fsp3) is 0.0625. The van der Waals surface area contributed by atoms with Crippen molar-refractivity contribution in [2.24, 2.45) is 0 Å². The third kappa shape index (κ3) is 3.03. The van der Waals surface area contributed by atoms with Crippen molar-refractivity contribution < 1.29 is 9.72 Å². The number of hydrogen-bond acceptors (Lipinski definition) is 5. The summed E-state index contributed by atoms with van der Waals surface area (Å²) in [5.41, 5.74) is 0.0695. The summed E-state index contributed by atoms with van der Waals surface area (Å²) >= 11 is 2.67. The van der Waals surface area contributed by atoms with Gasteiger partial charge in [-0.15, -0.1) is 11.3 Å². The van der Waals surface area contributed by atoms with Gasteiger partial charge in [0.1, 0.15) is 10.5 Å². The van der Waals surface area contributed by atoms with E-state index in [9.17, 15) is 14.9 Å². The van der Waals surface area contributed by atoms with Crippen LogP contribution in [0.15, 0.2) is 57.6 Å². The fourth-order valence-electron chi connectivity index (χ4n) is 2.13. The lowest BCUT2D eigenvalue weighted by molar-refractivity contribution is -0.387. The Kier molecular flexibility index (Phi) is 4.22. The highest BCUT2D eigenvalue weighted by atomic mass is 32.2. The Morgan fingerprint density at radius 2 is 1.91 bits per heavy atom. The Morgan fingerprint density at radius 1 is 1.14 bits per heavy atom. The first-order valence-corrected chi connectivity index (χ1v) is 8.18. The summed E-state index contributed by atoms with van der Waals surface area (Å²) in [7, 11) is 0. The van der Waals surface area contributed by atoms with Crippen molar-refractivity contribution >= 4 is 45.8 Å². The minimum Gasteiger partial charge on any atom is -0.303 e. The zero-order valence-corrected chi connectivity index (χ0v) is 13.0. The lowest BCUT2D eigenvalue weighted by Crippen LogP contribution is -1.86. The SMILES string of the molecule is O=CCc1cc([N+](=O)[O-])c(Sc2ccc3ccccc3c2)s1. The Hall–Kier alpha value is -2.18. The van der Waals surface area contributed by atoms with Crippen LogP contribution in [0, 0.1) is 10.1 Å². The van der Waals surface area contributed by atoms with Crippen LogP contribution in [-0.4, -0.2) is 11.2 Å². The summed E-state index contributed by atoms with van der Waals surface area (Å²) in [6, 6.07) is 15.4. The minimum absolute atomic E-state index is 0.0695. The predicted octanol–water partition coefficient (Wildman–Crippen LogP) is 4.70. The number of fused-ring (bicyclic) bond motifs is 1. The van der Waals surface area contributed by atoms with Crippen LogP contribution in [0.3, 0.4) is 0 Å². The molecule has 0 amide bonds. The summed E-state index contributed by atoms with van der Waals surface area (Å²) in [6.07, 6.45) is 0.976. The van der Waals surface area contributed by atoms with Gasteiger partial charge in [-0.25, -0.2) is 0 Å². The molecule has 0 saturated carbocycles. The molecule has 0 fully saturated rings. The summed E-state index contributed by atoms with van der Waals surface area (Å²) in [6.45, 7) is 0. The van der Waals surface area contributed by atoms with Crippen LogP contribution in [0.4, 0.5) is 5.69 Å². The number of benzene rings is 2. The number of thiophene rings is 1. The molecule has 3 aromatic rings. The molecule has 0 unspecified atom stereocenters. The van der Waals surface area contributed by atoms with Crippen LogP contribution < -0.4 is 0 Å². The first-order valence-electron chi connectivity index (χ1n) is 6.55. The van der Waals surface area contributed by atoms with Crippen LogP contribution in [0.25, 0.3) is 10.8 Å². The van der Waals surface area contributed by atoms with Gasteiger partial charge < -0.3 is 4.79 Å². The summed E-state index contributed by atoms with van der Waals surface area (Å²) in [4.78, 5) is 23.0. The smallest absolute Gasteiger partial charge is 0.294 e. The van der Waals surface area contributed by atoms with Gasteiger partial charge in [-0.2, -0.15) is 0 Å². The molecular weight excluding hydrogens is 318 g/mol. The van der Waals surface area contributed by atoms with Crippen molar-refractivity contribution in [3.05, 3.63) is 63.5 Å². The topological polar surface area (TPSA) is 60.2 Å². The molecule has 0 aliphatic rings. The van der Waals surface area contributed by atoms with Gasteiger partial charge in [-0.3, -0.25) is 10.1 Å². The average molecular weight is 329 g/mol. The third-order valence-corrected chi connectivity index (χ3v) is 5.47. The van der Waals surface area contributed by atoms with Gasteiger partial charge in [0.25, 0.3) is 5.69 Å². The Labute approximate surface area is 134 Å².